The van der Waals surface area contributed by atoms with Crippen LogP contribution >= 0.6 is 11.8 Å². The number of amides is 1. The van der Waals surface area contributed by atoms with Crippen LogP contribution in [0.3, 0.4) is 0 Å². The smallest absolute Gasteiger partial charge is 0.266 e. The summed E-state index contributed by atoms with van der Waals surface area (Å²) in [5, 5.41) is 0.655. The molecule has 4 nitrogen and oxygen atoms in total. The number of carbonyl (C=O) groups excluding carboxylic acids is 1. The molecule has 1 aliphatic heterocycles. The van der Waals surface area contributed by atoms with Crippen LogP contribution < -0.4 is 4.74 Å². The molecule has 1 fully saturated rings. The summed E-state index contributed by atoms with van der Waals surface area (Å²) in [5.41, 5.74) is 5.76. The normalized spacial score (nSPS) is 16.2. The third-order valence-electron chi connectivity index (χ3n) is 5.34. The van der Waals surface area contributed by atoms with E-state index in [1.54, 1.807) is 24.1 Å². The third kappa shape index (κ3) is 5.34. The van der Waals surface area contributed by atoms with Crippen LogP contribution in [0, 0.1) is 26.6 Å². The fraction of sp³-hybridized carbons (Fsp3) is 0.185. The molecule has 0 aliphatic carbocycles. The monoisotopic (exact) mass is 460 g/mol. The molecule has 0 spiro atoms. The van der Waals surface area contributed by atoms with Gasteiger partial charge in [-0.3, -0.25) is 9.69 Å². The molecule has 4 rings (SSSR count). The van der Waals surface area contributed by atoms with Crippen LogP contribution in [0.15, 0.2) is 70.6 Å². The van der Waals surface area contributed by atoms with Crippen molar-refractivity contribution in [1.82, 2.24) is 4.90 Å². The Hall–Kier alpha value is -3.38. The summed E-state index contributed by atoms with van der Waals surface area (Å²) < 4.78 is 19.1. The summed E-state index contributed by atoms with van der Waals surface area (Å²) in [6.45, 7) is 6.35. The Morgan fingerprint density at radius 2 is 1.64 bits per heavy atom. The molecule has 0 radical (unpaired) electrons. The summed E-state index contributed by atoms with van der Waals surface area (Å²) in [6, 6.07) is 18.2. The van der Waals surface area contributed by atoms with Crippen LogP contribution in [0.25, 0.3) is 6.08 Å². The first kappa shape index (κ1) is 22.8. The van der Waals surface area contributed by atoms with Crippen molar-refractivity contribution in [2.24, 2.45) is 4.99 Å². The fourth-order valence-corrected chi connectivity index (χ4v) is 4.55. The topological polar surface area (TPSA) is 41.9 Å². The maximum atomic E-state index is 13.1. The third-order valence-corrected chi connectivity index (χ3v) is 6.40. The predicted molar refractivity (Wildman–Crippen MR) is 133 cm³/mol. The second-order valence-electron chi connectivity index (χ2n) is 8.10. The van der Waals surface area contributed by atoms with Crippen molar-refractivity contribution < 1.29 is 13.9 Å². The number of likely N-dealkylation sites (N-methyl/N-ethyl adjacent to an activating group) is 1. The van der Waals surface area contributed by atoms with Gasteiger partial charge in [0.05, 0.1) is 10.6 Å². The van der Waals surface area contributed by atoms with Crippen LogP contribution in [0.5, 0.6) is 5.75 Å². The summed E-state index contributed by atoms with van der Waals surface area (Å²) in [4.78, 5) is 19.6. The van der Waals surface area contributed by atoms with Gasteiger partial charge in [-0.2, -0.15) is 0 Å². The molecule has 1 aliphatic rings. The predicted octanol–water partition coefficient (Wildman–Crippen LogP) is 6.56. The van der Waals surface area contributed by atoms with E-state index in [9.17, 15) is 9.18 Å². The summed E-state index contributed by atoms with van der Waals surface area (Å²) in [6.07, 6.45) is 1.89. The second-order valence-corrected chi connectivity index (χ2v) is 9.11. The number of ether oxygens (including phenoxy) is 1. The number of aryl methyl sites for hydroxylation is 3. The van der Waals surface area contributed by atoms with Crippen molar-refractivity contribution >= 4 is 34.6 Å². The Morgan fingerprint density at radius 1 is 1.00 bits per heavy atom. The lowest BCUT2D eigenvalue weighted by atomic mass is 10.0. The van der Waals surface area contributed by atoms with E-state index < -0.39 is 0 Å². The van der Waals surface area contributed by atoms with Gasteiger partial charge in [0.15, 0.2) is 5.17 Å². The van der Waals surface area contributed by atoms with Crippen LogP contribution in [0.4, 0.5) is 10.1 Å². The number of rotatable bonds is 5. The lowest BCUT2D eigenvalue weighted by Gasteiger charge is -2.13. The van der Waals surface area contributed by atoms with Crippen LogP contribution in [-0.4, -0.2) is 23.0 Å². The average molecular weight is 461 g/mol. The van der Waals surface area contributed by atoms with E-state index >= 15 is 0 Å². The zero-order valence-electron chi connectivity index (χ0n) is 19.1. The molecule has 168 valence electrons. The molecule has 1 heterocycles. The summed E-state index contributed by atoms with van der Waals surface area (Å²) >= 11 is 1.37. The average Bonchev–Trinajstić information content (AvgIpc) is 3.03. The lowest BCUT2D eigenvalue weighted by Crippen LogP contribution is -2.23. The van der Waals surface area contributed by atoms with Gasteiger partial charge >= 0.3 is 0 Å². The number of thioether (sulfide) groups is 1. The minimum Gasteiger partial charge on any atom is -0.488 e. The van der Waals surface area contributed by atoms with E-state index in [0.717, 1.165) is 33.7 Å². The van der Waals surface area contributed by atoms with Gasteiger partial charge in [-0.15, -0.1) is 0 Å². The highest BCUT2D eigenvalue weighted by Gasteiger charge is 2.30. The maximum Gasteiger partial charge on any atom is 0.266 e. The molecule has 0 saturated carbocycles. The highest BCUT2D eigenvalue weighted by molar-refractivity contribution is 8.18. The van der Waals surface area contributed by atoms with Gasteiger partial charge in [-0.05, 0) is 97.3 Å². The van der Waals surface area contributed by atoms with Crippen molar-refractivity contribution in [2.75, 3.05) is 7.05 Å². The van der Waals surface area contributed by atoms with Gasteiger partial charge in [-0.1, -0.05) is 29.8 Å². The van der Waals surface area contributed by atoms with Gasteiger partial charge in [0, 0.05) is 7.05 Å². The van der Waals surface area contributed by atoms with Crippen molar-refractivity contribution in [3.63, 3.8) is 0 Å². The number of hydrogen-bond acceptors (Lipinski definition) is 4. The Kier molecular flexibility index (Phi) is 6.65. The minimum atomic E-state index is -0.263. The molecule has 6 heteroatoms. The Morgan fingerprint density at radius 3 is 2.27 bits per heavy atom. The molecule has 0 atom stereocenters. The Bertz CT molecular complexity index is 1230. The van der Waals surface area contributed by atoms with Crippen molar-refractivity contribution in [3.8, 4) is 5.75 Å². The van der Waals surface area contributed by atoms with Crippen molar-refractivity contribution in [1.29, 1.82) is 0 Å². The molecule has 1 saturated heterocycles. The van der Waals surface area contributed by atoms with E-state index in [-0.39, 0.29) is 11.7 Å². The zero-order valence-corrected chi connectivity index (χ0v) is 19.9. The molecule has 3 aromatic carbocycles. The number of aliphatic imine (C=N–C) groups is 1. The van der Waals surface area contributed by atoms with E-state index in [4.69, 9.17) is 4.74 Å². The van der Waals surface area contributed by atoms with Crippen LogP contribution in [0.2, 0.25) is 0 Å². The first-order chi connectivity index (χ1) is 15.8. The highest BCUT2D eigenvalue weighted by atomic mass is 32.2. The molecule has 0 aromatic heterocycles. The number of nitrogens with zero attached hydrogens (tertiary/aromatic N) is 2. The summed E-state index contributed by atoms with van der Waals surface area (Å²) in [7, 11) is 1.74. The maximum absolute atomic E-state index is 13.1. The number of amidine groups is 1. The van der Waals surface area contributed by atoms with Crippen LogP contribution in [0.1, 0.15) is 27.8 Å². The van der Waals surface area contributed by atoms with Gasteiger partial charge in [0.25, 0.3) is 5.91 Å². The molecule has 1 amide bonds. The lowest BCUT2D eigenvalue weighted by molar-refractivity contribution is -0.121. The van der Waals surface area contributed by atoms with Crippen LogP contribution in [-0.2, 0) is 11.4 Å². The summed E-state index contributed by atoms with van der Waals surface area (Å²) in [5.74, 6) is 0.462. The number of halogens is 1. The Labute approximate surface area is 197 Å². The molecule has 33 heavy (non-hydrogen) atoms. The Balaban J connectivity index is 1.52. The molecule has 0 N–H and O–H groups in total. The molecule has 0 unspecified atom stereocenters. The number of hydrogen-bond donors (Lipinski definition) is 0. The van der Waals surface area contributed by atoms with E-state index in [0.29, 0.717) is 16.7 Å². The fourth-order valence-electron chi connectivity index (χ4n) is 3.56. The zero-order chi connectivity index (χ0) is 23.5. The second kappa shape index (κ2) is 9.63. The molecular weight excluding hydrogens is 435 g/mol. The SMILES string of the molecule is Cc1ccc(N=C2S/C(=C\c3cc(C)c(OCc4ccc(F)cc4)c(C)c3)C(=O)N2C)cc1. The molecule has 3 aromatic rings. The van der Waals surface area contributed by atoms with Gasteiger partial charge in [-0.25, -0.2) is 9.38 Å². The van der Waals surface area contributed by atoms with Gasteiger partial charge in [0.2, 0.25) is 0 Å². The number of benzene rings is 3. The van der Waals surface area contributed by atoms with E-state index in [1.165, 1.54) is 29.5 Å². The first-order valence-electron chi connectivity index (χ1n) is 10.6. The number of carbonyl (C=O) groups is 1. The molecule has 0 bridgehead atoms. The highest BCUT2D eigenvalue weighted by Crippen LogP contribution is 2.34. The van der Waals surface area contributed by atoms with Crippen molar-refractivity contribution in [3.05, 3.63) is 99.2 Å². The van der Waals surface area contributed by atoms with Crippen molar-refractivity contribution in [2.45, 2.75) is 27.4 Å². The standard InChI is InChI=1S/C27H25FN2O2S/c1-17-5-11-23(12-6-17)29-27-30(4)26(31)24(33-27)15-21-13-18(2)25(19(3)14-21)32-16-20-7-9-22(28)10-8-20/h5-15H,16H2,1-4H3/b24-15-,29-27?. The van der Waals surface area contributed by atoms with Gasteiger partial charge < -0.3 is 4.74 Å². The largest absolute Gasteiger partial charge is 0.488 e. The minimum absolute atomic E-state index is 0.0715. The first-order valence-corrected chi connectivity index (χ1v) is 11.4. The van der Waals surface area contributed by atoms with E-state index in [2.05, 4.69) is 4.99 Å². The van der Waals surface area contributed by atoms with E-state index in [1.807, 2.05) is 63.2 Å². The van der Waals surface area contributed by atoms with Gasteiger partial charge in [0.1, 0.15) is 18.2 Å². The molecular formula is C27H25FN2O2S. The quantitative estimate of drug-likeness (QED) is 0.405.